The molecule has 0 unspecified atom stereocenters. The van der Waals surface area contributed by atoms with Crippen LogP contribution in [0.5, 0.6) is 11.5 Å². The molecule has 0 aliphatic carbocycles. The smallest absolute Gasteiger partial charge is 0.346 e. The van der Waals surface area contributed by atoms with Crippen LogP contribution in [0.1, 0.15) is 38.1 Å². The molecule has 0 aromatic heterocycles. The predicted octanol–water partition coefficient (Wildman–Crippen LogP) is 2.07. The van der Waals surface area contributed by atoms with Crippen molar-refractivity contribution in [3.05, 3.63) is 27.8 Å². The van der Waals surface area contributed by atoms with Gasteiger partial charge in [0.1, 0.15) is 5.56 Å². The molecule has 0 heterocycles. The Morgan fingerprint density at radius 2 is 1.68 bits per heavy atom. The fourth-order valence-electron chi connectivity index (χ4n) is 1.93. The molecular formula is C16H22N2O7. The number of nitro groups is 1. The van der Waals surface area contributed by atoms with Gasteiger partial charge in [-0.15, -0.1) is 0 Å². The van der Waals surface area contributed by atoms with Crippen molar-refractivity contribution >= 4 is 17.6 Å². The number of esters is 1. The van der Waals surface area contributed by atoms with E-state index in [1.807, 2.05) is 0 Å². The number of ether oxygens (including phenoxy) is 3. The summed E-state index contributed by atoms with van der Waals surface area (Å²) in [6.45, 7) is 6.71. The lowest BCUT2D eigenvalue weighted by Gasteiger charge is -2.23. The largest absolute Gasteiger partial charge is 0.493 e. The minimum Gasteiger partial charge on any atom is -0.493 e. The molecule has 138 valence electrons. The number of methoxy groups -OCH3 is 2. The van der Waals surface area contributed by atoms with Crippen LogP contribution in [0.2, 0.25) is 0 Å². The van der Waals surface area contributed by atoms with Gasteiger partial charge in [0.15, 0.2) is 17.6 Å². The van der Waals surface area contributed by atoms with Crippen molar-refractivity contribution in [1.29, 1.82) is 0 Å². The van der Waals surface area contributed by atoms with Gasteiger partial charge in [-0.05, 0) is 27.7 Å². The van der Waals surface area contributed by atoms with E-state index in [0.717, 1.165) is 12.1 Å². The van der Waals surface area contributed by atoms with Gasteiger partial charge in [-0.25, -0.2) is 4.79 Å². The number of hydrogen-bond donors (Lipinski definition) is 1. The molecule has 0 radical (unpaired) electrons. The highest BCUT2D eigenvalue weighted by atomic mass is 16.6. The van der Waals surface area contributed by atoms with Gasteiger partial charge in [0.05, 0.1) is 25.2 Å². The Labute approximate surface area is 145 Å². The molecule has 0 aliphatic rings. The second-order valence-electron chi connectivity index (χ2n) is 6.27. The lowest BCUT2D eigenvalue weighted by molar-refractivity contribution is -0.385. The molecule has 0 spiro atoms. The number of amides is 1. The van der Waals surface area contributed by atoms with Gasteiger partial charge < -0.3 is 19.5 Å². The molecule has 1 aromatic carbocycles. The Hall–Kier alpha value is -2.84. The van der Waals surface area contributed by atoms with Crippen LogP contribution < -0.4 is 14.8 Å². The molecule has 0 saturated heterocycles. The van der Waals surface area contributed by atoms with Crippen LogP contribution >= 0.6 is 0 Å². The average Bonchev–Trinajstić information content (AvgIpc) is 2.51. The number of hydrogen-bond acceptors (Lipinski definition) is 7. The Balaban J connectivity index is 3.12. The predicted molar refractivity (Wildman–Crippen MR) is 89.0 cm³/mol. The number of nitro benzene ring substituents is 1. The molecule has 1 aromatic rings. The molecule has 1 N–H and O–H groups in total. The summed E-state index contributed by atoms with van der Waals surface area (Å²) in [6, 6.07) is 2.21. The van der Waals surface area contributed by atoms with Crippen molar-refractivity contribution in [2.75, 3.05) is 14.2 Å². The number of nitrogens with zero attached hydrogens (tertiary/aromatic N) is 1. The molecular weight excluding hydrogens is 332 g/mol. The van der Waals surface area contributed by atoms with Crippen LogP contribution in [0.15, 0.2) is 12.1 Å². The summed E-state index contributed by atoms with van der Waals surface area (Å²) in [7, 11) is 2.65. The van der Waals surface area contributed by atoms with Crippen LogP contribution in [0.25, 0.3) is 0 Å². The SMILES string of the molecule is COc1cc(C(=O)O[C@@H](C)C(=O)NC(C)(C)C)c([N+](=O)[O-])cc1OC. The van der Waals surface area contributed by atoms with E-state index in [-0.39, 0.29) is 17.1 Å². The minimum atomic E-state index is -1.13. The van der Waals surface area contributed by atoms with Crippen molar-refractivity contribution < 1.29 is 28.7 Å². The molecule has 0 fully saturated rings. The number of rotatable bonds is 6. The summed E-state index contributed by atoms with van der Waals surface area (Å²) in [5.74, 6) is -1.29. The van der Waals surface area contributed by atoms with Crippen LogP contribution in [0.3, 0.4) is 0 Å². The van der Waals surface area contributed by atoms with Crippen molar-refractivity contribution in [2.24, 2.45) is 0 Å². The molecule has 9 nitrogen and oxygen atoms in total. The summed E-state index contributed by atoms with van der Waals surface area (Å²) in [4.78, 5) is 34.8. The van der Waals surface area contributed by atoms with Crippen molar-refractivity contribution in [1.82, 2.24) is 5.32 Å². The summed E-state index contributed by atoms with van der Waals surface area (Å²) in [6.07, 6.45) is -1.13. The second-order valence-corrected chi connectivity index (χ2v) is 6.27. The Morgan fingerprint density at radius 1 is 1.16 bits per heavy atom. The van der Waals surface area contributed by atoms with E-state index < -0.39 is 34.1 Å². The fourth-order valence-corrected chi connectivity index (χ4v) is 1.93. The molecule has 0 bridgehead atoms. The highest BCUT2D eigenvalue weighted by molar-refractivity contribution is 5.96. The number of carbonyl (C=O) groups is 2. The van der Waals surface area contributed by atoms with Gasteiger partial charge >= 0.3 is 5.97 Å². The van der Waals surface area contributed by atoms with E-state index >= 15 is 0 Å². The fraction of sp³-hybridized carbons (Fsp3) is 0.500. The van der Waals surface area contributed by atoms with Gasteiger partial charge in [-0.1, -0.05) is 0 Å². The number of nitrogens with one attached hydrogen (secondary N) is 1. The van der Waals surface area contributed by atoms with Crippen LogP contribution in [-0.4, -0.2) is 42.7 Å². The number of benzene rings is 1. The van der Waals surface area contributed by atoms with Gasteiger partial charge in [0.25, 0.3) is 11.6 Å². The monoisotopic (exact) mass is 354 g/mol. The Kier molecular flexibility index (Phi) is 6.32. The van der Waals surface area contributed by atoms with Gasteiger partial charge in [-0.3, -0.25) is 14.9 Å². The van der Waals surface area contributed by atoms with Crippen LogP contribution in [0.4, 0.5) is 5.69 Å². The molecule has 9 heteroatoms. The molecule has 1 atom stereocenters. The molecule has 25 heavy (non-hydrogen) atoms. The Morgan fingerprint density at radius 3 is 2.12 bits per heavy atom. The van der Waals surface area contributed by atoms with Gasteiger partial charge in [0.2, 0.25) is 0 Å². The lowest BCUT2D eigenvalue weighted by Crippen LogP contribution is -2.46. The third-order valence-corrected chi connectivity index (χ3v) is 3.07. The van der Waals surface area contributed by atoms with Crippen molar-refractivity contribution in [3.63, 3.8) is 0 Å². The van der Waals surface area contributed by atoms with E-state index in [9.17, 15) is 19.7 Å². The minimum absolute atomic E-state index is 0.101. The first kappa shape index (κ1) is 20.2. The second kappa shape index (κ2) is 7.82. The lowest BCUT2D eigenvalue weighted by atomic mass is 10.1. The average molecular weight is 354 g/mol. The zero-order chi connectivity index (χ0) is 19.4. The highest BCUT2D eigenvalue weighted by Crippen LogP contribution is 2.34. The summed E-state index contributed by atoms with van der Waals surface area (Å²) >= 11 is 0. The number of carbonyl (C=O) groups excluding carboxylic acids is 2. The summed E-state index contributed by atoms with van der Waals surface area (Å²) in [5, 5.41) is 13.9. The van der Waals surface area contributed by atoms with Gasteiger partial charge in [-0.2, -0.15) is 0 Å². The standard InChI is InChI=1S/C16H22N2O7/c1-9(14(19)17-16(2,3)4)25-15(20)10-7-12(23-5)13(24-6)8-11(10)18(21)22/h7-9H,1-6H3,(H,17,19)/t9-/m0/s1. The first-order valence-corrected chi connectivity index (χ1v) is 7.43. The topological polar surface area (TPSA) is 117 Å². The van der Waals surface area contributed by atoms with Crippen molar-refractivity contribution in [3.8, 4) is 11.5 Å². The molecule has 1 rings (SSSR count). The highest BCUT2D eigenvalue weighted by Gasteiger charge is 2.29. The van der Waals surface area contributed by atoms with E-state index in [1.165, 1.54) is 21.1 Å². The van der Waals surface area contributed by atoms with E-state index in [2.05, 4.69) is 5.32 Å². The zero-order valence-electron chi connectivity index (χ0n) is 15.0. The van der Waals surface area contributed by atoms with Crippen LogP contribution in [-0.2, 0) is 9.53 Å². The first-order chi connectivity index (χ1) is 11.5. The molecule has 0 saturated carbocycles. The van der Waals surface area contributed by atoms with Gasteiger partial charge in [0, 0.05) is 11.6 Å². The normalized spacial score (nSPS) is 12.1. The Bertz CT molecular complexity index is 680. The quantitative estimate of drug-likeness (QED) is 0.472. The first-order valence-electron chi connectivity index (χ1n) is 7.43. The zero-order valence-corrected chi connectivity index (χ0v) is 15.0. The van der Waals surface area contributed by atoms with E-state index in [1.54, 1.807) is 20.8 Å². The van der Waals surface area contributed by atoms with Crippen LogP contribution in [0, 0.1) is 10.1 Å². The molecule has 1 amide bonds. The van der Waals surface area contributed by atoms with Crippen molar-refractivity contribution in [2.45, 2.75) is 39.3 Å². The third-order valence-electron chi connectivity index (χ3n) is 3.07. The maximum absolute atomic E-state index is 12.3. The summed E-state index contributed by atoms with van der Waals surface area (Å²) < 4.78 is 15.1. The molecule has 0 aliphatic heterocycles. The summed E-state index contributed by atoms with van der Waals surface area (Å²) in [5.41, 5.74) is -1.35. The maximum Gasteiger partial charge on any atom is 0.346 e. The van der Waals surface area contributed by atoms with E-state index in [4.69, 9.17) is 14.2 Å². The maximum atomic E-state index is 12.3. The van der Waals surface area contributed by atoms with E-state index in [0.29, 0.717) is 0 Å². The third kappa shape index (κ3) is 5.33.